The van der Waals surface area contributed by atoms with Gasteiger partial charge in [0.15, 0.2) is 0 Å². The summed E-state index contributed by atoms with van der Waals surface area (Å²) < 4.78 is 0. The van der Waals surface area contributed by atoms with Crippen molar-refractivity contribution < 1.29 is 9.59 Å². The Morgan fingerprint density at radius 3 is 2.57 bits per heavy atom. The Bertz CT molecular complexity index is 848. The molecule has 2 aromatic rings. The quantitative estimate of drug-likeness (QED) is 0.744. The molecule has 1 unspecified atom stereocenters. The van der Waals surface area contributed by atoms with E-state index in [-0.39, 0.29) is 17.9 Å². The maximum absolute atomic E-state index is 12.6. The number of benzene rings is 2. The van der Waals surface area contributed by atoms with Crippen LogP contribution in [0.5, 0.6) is 0 Å². The van der Waals surface area contributed by atoms with Crippen molar-refractivity contribution in [2.45, 2.75) is 26.8 Å². The summed E-state index contributed by atoms with van der Waals surface area (Å²) in [5.74, 6) is 0.114. The van der Waals surface area contributed by atoms with Crippen molar-refractivity contribution in [2.24, 2.45) is 5.92 Å². The van der Waals surface area contributed by atoms with Crippen molar-refractivity contribution in [3.05, 3.63) is 59.2 Å². The van der Waals surface area contributed by atoms with Gasteiger partial charge in [0.25, 0.3) is 0 Å². The lowest BCUT2D eigenvalue weighted by atomic mass is 9.96. The molecule has 0 aromatic heterocycles. The summed E-state index contributed by atoms with van der Waals surface area (Å²) in [5.41, 5.74) is 4.89. The summed E-state index contributed by atoms with van der Waals surface area (Å²) in [6.07, 6.45) is 0.730. The molecule has 148 valence electrons. The molecule has 1 atom stereocenters. The molecule has 1 heterocycles. The zero-order valence-electron chi connectivity index (χ0n) is 16.7. The van der Waals surface area contributed by atoms with Gasteiger partial charge in [-0.05, 0) is 49.7 Å². The Balaban J connectivity index is 1.67. The number of fused-ring (bicyclic) bond motifs is 1. The number of carbonyl (C=O) groups excluding carboxylic acids is 2. The smallest absolute Gasteiger partial charge is 0.323 e. The van der Waals surface area contributed by atoms with Crippen LogP contribution in [0.25, 0.3) is 0 Å². The molecule has 0 radical (unpaired) electrons. The zero-order chi connectivity index (χ0) is 20.1. The molecule has 2 aromatic carbocycles. The van der Waals surface area contributed by atoms with Gasteiger partial charge in [0.1, 0.15) is 0 Å². The minimum atomic E-state index is -0.265. The molecule has 1 aliphatic rings. The molecule has 0 aliphatic carbocycles. The second-order valence-corrected chi connectivity index (χ2v) is 7.36. The normalized spacial score (nSPS) is 14.2. The molecule has 0 saturated carbocycles. The third kappa shape index (κ3) is 4.70. The van der Waals surface area contributed by atoms with Crippen LogP contribution in [0.15, 0.2) is 42.5 Å². The van der Waals surface area contributed by atoms with E-state index < -0.39 is 0 Å². The standard InChI is InChI=1S/C22H28N4O2/c1-15-7-9-18(10-8-15)24-22(28)25-20-6-4-5-17-14-26(12-11-19(17)20)21(27)16(2)13-23-3/h4-10,16,23H,11-14H2,1-3H3,(H2,24,25,28). The molecule has 0 fully saturated rings. The molecule has 6 nitrogen and oxygen atoms in total. The molecule has 0 saturated heterocycles. The molecule has 3 amide bonds. The first-order valence-corrected chi connectivity index (χ1v) is 9.66. The second kappa shape index (κ2) is 8.89. The first-order valence-electron chi connectivity index (χ1n) is 9.66. The molecule has 3 rings (SSSR count). The van der Waals surface area contributed by atoms with E-state index in [4.69, 9.17) is 0 Å². The highest BCUT2D eigenvalue weighted by molar-refractivity contribution is 6.00. The van der Waals surface area contributed by atoms with Crippen LogP contribution in [0.3, 0.4) is 0 Å². The number of nitrogens with one attached hydrogen (secondary N) is 3. The molecule has 0 spiro atoms. The average Bonchev–Trinajstić information content (AvgIpc) is 2.69. The number of anilines is 2. The van der Waals surface area contributed by atoms with Crippen LogP contribution in [-0.2, 0) is 17.8 Å². The zero-order valence-corrected chi connectivity index (χ0v) is 16.7. The number of amides is 3. The van der Waals surface area contributed by atoms with Crippen LogP contribution < -0.4 is 16.0 Å². The van der Waals surface area contributed by atoms with Crippen LogP contribution in [0.4, 0.5) is 16.2 Å². The SMILES string of the molecule is CNCC(C)C(=O)N1CCc2c(cccc2NC(=O)Nc2ccc(C)cc2)C1. The maximum Gasteiger partial charge on any atom is 0.323 e. The Labute approximate surface area is 166 Å². The van der Waals surface area contributed by atoms with Crippen LogP contribution in [-0.4, -0.2) is 37.0 Å². The number of aryl methyl sites for hydroxylation is 1. The molecule has 3 N–H and O–H groups in total. The summed E-state index contributed by atoms with van der Waals surface area (Å²) in [7, 11) is 1.86. The minimum Gasteiger partial charge on any atom is -0.338 e. The third-order valence-corrected chi connectivity index (χ3v) is 5.07. The summed E-state index contributed by atoms with van der Waals surface area (Å²) >= 11 is 0. The summed E-state index contributed by atoms with van der Waals surface area (Å²) in [6, 6.07) is 13.3. The van der Waals surface area contributed by atoms with Gasteiger partial charge in [0, 0.05) is 36.9 Å². The van der Waals surface area contributed by atoms with Gasteiger partial charge in [-0.1, -0.05) is 36.8 Å². The highest BCUT2D eigenvalue weighted by Gasteiger charge is 2.25. The van der Waals surface area contributed by atoms with Crippen molar-refractivity contribution in [1.29, 1.82) is 0 Å². The van der Waals surface area contributed by atoms with E-state index in [0.717, 1.165) is 34.5 Å². The van der Waals surface area contributed by atoms with E-state index in [1.807, 2.05) is 68.3 Å². The Morgan fingerprint density at radius 1 is 1.11 bits per heavy atom. The molecule has 0 bridgehead atoms. The molecule has 6 heteroatoms. The van der Waals surface area contributed by atoms with Crippen molar-refractivity contribution in [3.63, 3.8) is 0 Å². The predicted octanol–water partition coefficient (Wildman–Crippen LogP) is 3.38. The maximum atomic E-state index is 12.6. The fourth-order valence-electron chi connectivity index (χ4n) is 3.54. The molecular formula is C22H28N4O2. The van der Waals surface area contributed by atoms with E-state index in [9.17, 15) is 9.59 Å². The summed E-state index contributed by atoms with van der Waals surface area (Å²) in [4.78, 5) is 26.9. The lowest BCUT2D eigenvalue weighted by Crippen LogP contribution is -2.41. The lowest BCUT2D eigenvalue weighted by molar-refractivity contribution is -0.135. The predicted molar refractivity (Wildman–Crippen MR) is 112 cm³/mol. The van der Waals surface area contributed by atoms with Crippen molar-refractivity contribution in [2.75, 3.05) is 30.8 Å². The Kier molecular flexibility index (Phi) is 6.31. The van der Waals surface area contributed by atoms with Gasteiger partial charge in [-0.25, -0.2) is 4.79 Å². The number of hydrogen-bond acceptors (Lipinski definition) is 3. The van der Waals surface area contributed by atoms with E-state index in [0.29, 0.717) is 19.6 Å². The van der Waals surface area contributed by atoms with Crippen molar-refractivity contribution in [1.82, 2.24) is 10.2 Å². The minimum absolute atomic E-state index is 0.0480. The first kappa shape index (κ1) is 19.9. The van der Waals surface area contributed by atoms with Crippen LogP contribution in [0, 0.1) is 12.8 Å². The van der Waals surface area contributed by atoms with Gasteiger partial charge in [-0.15, -0.1) is 0 Å². The second-order valence-electron chi connectivity index (χ2n) is 7.36. The number of hydrogen-bond donors (Lipinski definition) is 3. The molecular weight excluding hydrogens is 352 g/mol. The fraction of sp³-hybridized carbons (Fsp3) is 0.364. The Morgan fingerprint density at radius 2 is 1.86 bits per heavy atom. The number of rotatable bonds is 5. The number of carbonyl (C=O) groups is 2. The van der Waals surface area contributed by atoms with Gasteiger partial charge in [-0.3, -0.25) is 4.79 Å². The first-order chi connectivity index (χ1) is 13.5. The summed E-state index contributed by atoms with van der Waals surface area (Å²) in [6.45, 7) is 5.87. The van der Waals surface area contributed by atoms with Crippen molar-refractivity contribution in [3.8, 4) is 0 Å². The molecule has 28 heavy (non-hydrogen) atoms. The average molecular weight is 380 g/mol. The van der Waals surface area contributed by atoms with E-state index in [1.165, 1.54) is 0 Å². The Hall–Kier alpha value is -2.86. The number of urea groups is 1. The van der Waals surface area contributed by atoms with Crippen LogP contribution in [0.1, 0.15) is 23.6 Å². The van der Waals surface area contributed by atoms with Gasteiger partial charge in [-0.2, -0.15) is 0 Å². The van der Waals surface area contributed by atoms with Gasteiger partial charge in [0.05, 0.1) is 0 Å². The van der Waals surface area contributed by atoms with Crippen LogP contribution in [0.2, 0.25) is 0 Å². The fourth-order valence-corrected chi connectivity index (χ4v) is 3.54. The van der Waals surface area contributed by atoms with Gasteiger partial charge < -0.3 is 20.9 Å². The largest absolute Gasteiger partial charge is 0.338 e. The monoisotopic (exact) mass is 380 g/mol. The van der Waals surface area contributed by atoms with E-state index in [1.54, 1.807) is 0 Å². The summed E-state index contributed by atoms with van der Waals surface area (Å²) in [5, 5.41) is 8.87. The lowest BCUT2D eigenvalue weighted by Gasteiger charge is -2.32. The van der Waals surface area contributed by atoms with E-state index in [2.05, 4.69) is 16.0 Å². The molecule has 1 aliphatic heterocycles. The highest BCUT2D eigenvalue weighted by atomic mass is 16.2. The highest BCUT2D eigenvalue weighted by Crippen LogP contribution is 2.27. The topological polar surface area (TPSA) is 73.5 Å². The third-order valence-electron chi connectivity index (χ3n) is 5.07. The van der Waals surface area contributed by atoms with Gasteiger partial charge >= 0.3 is 6.03 Å². The van der Waals surface area contributed by atoms with Crippen LogP contribution >= 0.6 is 0 Å². The van der Waals surface area contributed by atoms with Crippen molar-refractivity contribution >= 4 is 23.3 Å². The van der Waals surface area contributed by atoms with E-state index >= 15 is 0 Å². The number of nitrogens with zero attached hydrogens (tertiary/aromatic N) is 1. The van der Waals surface area contributed by atoms with Gasteiger partial charge in [0.2, 0.25) is 5.91 Å².